The molecule has 0 spiro atoms. The minimum absolute atomic E-state index is 0.0329. The molecule has 1 aliphatic rings. The fraction of sp³-hybridized carbons (Fsp3) is 0.250. The molecule has 0 aliphatic heterocycles. The van der Waals surface area contributed by atoms with Crippen molar-refractivity contribution in [3.05, 3.63) is 42.4 Å². The first kappa shape index (κ1) is 13.6. The molecular weight excluding hydrogens is 354 g/mol. The van der Waals surface area contributed by atoms with E-state index in [9.17, 15) is 4.79 Å². The normalized spacial score (nSPS) is 15.8. The molecule has 0 saturated heterocycles. The number of carbonyl (C=O) groups excluding carboxylic acids is 1. The molecule has 4 aromatic rings. The van der Waals surface area contributed by atoms with E-state index in [1.807, 2.05) is 25.3 Å². The van der Waals surface area contributed by atoms with Crippen LogP contribution in [0, 0.1) is 12.8 Å². The van der Waals surface area contributed by atoms with E-state index in [4.69, 9.17) is 4.11 Å². The van der Waals surface area contributed by atoms with Crippen molar-refractivity contribution in [1.29, 1.82) is 0 Å². The van der Waals surface area contributed by atoms with E-state index in [1.54, 1.807) is 10.6 Å². The van der Waals surface area contributed by atoms with Gasteiger partial charge in [0, 0.05) is 51.9 Å². The summed E-state index contributed by atoms with van der Waals surface area (Å²) in [7, 11) is 0. The van der Waals surface area contributed by atoms with Gasteiger partial charge in [0.15, 0.2) is 11.5 Å². The molecule has 0 bridgehead atoms. The first-order valence-corrected chi connectivity index (χ1v) is 8.98. The zero-order chi connectivity index (χ0) is 21.8. The number of hydrogen-bond acceptors (Lipinski definition) is 6. The molecule has 4 heterocycles. The summed E-state index contributed by atoms with van der Waals surface area (Å²) >= 11 is 0. The van der Waals surface area contributed by atoms with E-state index in [-0.39, 0.29) is 17.6 Å². The van der Waals surface area contributed by atoms with Crippen LogP contribution in [0.4, 0.5) is 11.6 Å². The van der Waals surface area contributed by atoms with Gasteiger partial charge in [-0.1, -0.05) is 6.07 Å². The van der Waals surface area contributed by atoms with Crippen molar-refractivity contribution in [2.24, 2.45) is 5.92 Å². The van der Waals surface area contributed by atoms with Gasteiger partial charge in [0.25, 0.3) is 0 Å². The van der Waals surface area contributed by atoms with Crippen molar-refractivity contribution in [2.75, 3.05) is 17.6 Å². The predicted octanol–water partition coefficient (Wildman–Crippen LogP) is 3.04. The number of aromatic nitrogens is 5. The Morgan fingerprint density at radius 1 is 1.25 bits per heavy atom. The van der Waals surface area contributed by atoms with Crippen molar-refractivity contribution in [3.8, 4) is 11.4 Å². The molecule has 1 saturated carbocycles. The van der Waals surface area contributed by atoms with Crippen LogP contribution in [0.2, 0.25) is 0 Å². The van der Waals surface area contributed by atoms with Crippen molar-refractivity contribution in [1.82, 2.24) is 24.6 Å². The number of rotatable bonds is 4. The first-order valence-electron chi connectivity index (χ1n) is 10.5. The van der Waals surface area contributed by atoms with Crippen LogP contribution in [0.1, 0.15) is 22.5 Å². The molecule has 28 heavy (non-hydrogen) atoms. The van der Waals surface area contributed by atoms with Gasteiger partial charge in [-0.2, -0.15) is 0 Å². The lowest BCUT2D eigenvalue weighted by molar-refractivity contribution is -0.117. The van der Waals surface area contributed by atoms with E-state index in [1.165, 1.54) is 12.4 Å². The van der Waals surface area contributed by atoms with Crippen LogP contribution in [0.5, 0.6) is 0 Å². The third kappa shape index (κ3) is 2.83. The van der Waals surface area contributed by atoms with Crippen molar-refractivity contribution in [2.45, 2.75) is 19.8 Å². The zero-order valence-corrected chi connectivity index (χ0v) is 15.1. The summed E-state index contributed by atoms with van der Waals surface area (Å²) in [5, 5.41) is 11.0. The standard InChI is InChI=1S/C20H19N7O/c1-11-3-6-17-25-19(26-27(17)10-11)15-9-23-18(21-2)14-8-22-16(7-13(14)15)24-20(28)12-4-5-12/h3,6-10,12H,4-5H2,1-2H3,(H,21,23)(H,22,24,28)/i2D3. The molecule has 1 aliphatic carbocycles. The molecular formula is C20H19N7O. The van der Waals surface area contributed by atoms with Gasteiger partial charge in [-0.05, 0) is 37.5 Å². The maximum Gasteiger partial charge on any atom is 0.228 e. The second-order valence-electron chi connectivity index (χ2n) is 6.97. The number of nitrogens with one attached hydrogen (secondary N) is 2. The second kappa shape index (κ2) is 6.26. The van der Waals surface area contributed by atoms with E-state index < -0.39 is 6.98 Å². The summed E-state index contributed by atoms with van der Waals surface area (Å²) in [6.07, 6.45) is 6.67. The van der Waals surface area contributed by atoms with Gasteiger partial charge in [-0.3, -0.25) is 4.79 Å². The van der Waals surface area contributed by atoms with Crippen LogP contribution >= 0.6 is 0 Å². The van der Waals surface area contributed by atoms with Crippen molar-refractivity contribution < 1.29 is 8.91 Å². The number of carbonyl (C=O) groups is 1. The molecule has 0 aromatic carbocycles. The predicted molar refractivity (Wildman–Crippen MR) is 107 cm³/mol. The fourth-order valence-electron chi connectivity index (χ4n) is 3.16. The summed E-state index contributed by atoms with van der Waals surface area (Å²) in [6, 6.07) is 5.52. The maximum atomic E-state index is 12.2. The lowest BCUT2D eigenvalue weighted by Crippen LogP contribution is -2.14. The fourth-order valence-corrected chi connectivity index (χ4v) is 3.16. The molecule has 0 radical (unpaired) electrons. The Morgan fingerprint density at radius 2 is 2.14 bits per heavy atom. The largest absolute Gasteiger partial charge is 0.373 e. The Labute approximate surface area is 165 Å². The Bertz CT molecular complexity index is 1330. The number of aryl methyl sites for hydroxylation is 1. The van der Waals surface area contributed by atoms with Gasteiger partial charge in [0.2, 0.25) is 5.91 Å². The van der Waals surface area contributed by atoms with Gasteiger partial charge in [-0.25, -0.2) is 19.5 Å². The lowest BCUT2D eigenvalue weighted by atomic mass is 10.1. The average Bonchev–Trinajstić information content (AvgIpc) is 3.47. The summed E-state index contributed by atoms with van der Waals surface area (Å²) in [4.78, 5) is 25.4. The highest BCUT2D eigenvalue weighted by Gasteiger charge is 2.30. The second-order valence-corrected chi connectivity index (χ2v) is 6.97. The molecule has 8 nitrogen and oxygen atoms in total. The lowest BCUT2D eigenvalue weighted by Gasteiger charge is -2.10. The molecule has 0 unspecified atom stereocenters. The van der Waals surface area contributed by atoms with Gasteiger partial charge >= 0.3 is 0 Å². The van der Waals surface area contributed by atoms with Gasteiger partial charge in [-0.15, -0.1) is 5.10 Å². The number of amides is 1. The molecule has 5 rings (SSSR count). The summed E-state index contributed by atoms with van der Waals surface area (Å²) in [6.45, 7) is -0.452. The number of nitrogens with zero attached hydrogens (tertiary/aromatic N) is 5. The van der Waals surface area contributed by atoms with E-state index in [0.717, 1.165) is 18.4 Å². The van der Waals surface area contributed by atoms with Gasteiger partial charge < -0.3 is 10.6 Å². The van der Waals surface area contributed by atoms with Crippen molar-refractivity contribution >= 4 is 34.0 Å². The van der Waals surface area contributed by atoms with Gasteiger partial charge in [0.05, 0.1) is 0 Å². The third-order valence-electron chi connectivity index (χ3n) is 4.81. The summed E-state index contributed by atoms with van der Waals surface area (Å²) in [5.41, 5.74) is 2.32. The smallest absolute Gasteiger partial charge is 0.228 e. The van der Waals surface area contributed by atoms with Crippen molar-refractivity contribution in [3.63, 3.8) is 0 Å². The average molecular weight is 376 g/mol. The number of hydrogen-bond donors (Lipinski definition) is 2. The molecule has 0 atom stereocenters. The van der Waals surface area contributed by atoms with Crippen LogP contribution < -0.4 is 10.6 Å². The maximum absolute atomic E-state index is 12.2. The first-order chi connectivity index (χ1) is 14.8. The molecule has 1 fully saturated rings. The van der Waals surface area contributed by atoms with E-state index in [2.05, 4.69) is 30.7 Å². The molecule has 8 heteroatoms. The highest BCUT2D eigenvalue weighted by Crippen LogP contribution is 2.33. The van der Waals surface area contributed by atoms with Crippen LogP contribution in [0.3, 0.4) is 0 Å². The number of anilines is 2. The Balaban J connectivity index is 1.66. The van der Waals surface area contributed by atoms with E-state index >= 15 is 0 Å². The topological polar surface area (TPSA) is 97.1 Å². The van der Waals surface area contributed by atoms with Crippen LogP contribution in [0.25, 0.3) is 27.8 Å². The van der Waals surface area contributed by atoms with Gasteiger partial charge in [0.1, 0.15) is 11.6 Å². The third-order valence-corrected chi connectivity index (χ3v) is 4.81. The Morgan fingerprint density at radius 3 is 2.96 bits per heavy atom. The van der Waals surface area contributed by atoms with Crippen LogP contribution in [0.15, 0.2) is 36.8 Å². The molecule has 1 amide bonds. The minimum Gasteiger partial charge on any atom is -0.373 e. The highest BCUT2D eigenvalue weighted by molar-refractivity contribution is 6.03. The monoisotopic (exact) mass is 376 g/mol. The number of pyridine rings is 3. The SMILES string of the molecule is [2H]C([2H])([2H])Nc1ncc(-c2nc3ccc(C)cn3n2)c2cc(NC(=O)C3CC3)ncc12. The summed E-state index contributed by atoms with van der Waals surface area (Å²) in [5.74, 6) is 0.964. The highest BCUT2D eigenvalue weighted by atomic mass is 16.2. The van der Waals surface area contributed by atoms with E-state index in [0.29, 0.717) is 33.6 Å². The zero-order valence-electron chi connectivity index (χ0n) is 18.1. The molecule has 4 aromatic heterocycles. The molecule has 140 valence electrons. The van der Waals surface area contributed by atoms with Crippen LogP contribution in [-0.2, 0) is 4.79 Å². The van der Waals surface area contributed by atoms with Crippen LogP contribution in [-0.4, -0.2) is 37.4 Å². The molecule has 2 N–H and O–H groups in total. The quantitative estimate of drug-likeness (QED) is 0.568. The Hall–Kier alpha value is -3.55. The number of fused-ring (bicyclic) bond motifs is 2. The minimum atomic E-state index is -2.42. The summed E-state index contributed by atoms with van der Waals surface area (Å²) < 4.78 is 24.2. The Kier molecular flexibility index (Phi) is 3.04.